The van der Waals surface area contributed by atoms with Crippen molar-refractivity contribution in [3.8, 4) is 0 Å². The first-order chi connectivity index (χ1) is 11.7. The van der Waals surface area contributed by atoms with Gasteiger partial charge in [-0.25, -0.2) is 9.37 Å². The first-order valence-electron chi connectivity index (χ1n) is 7.77. The molecule has 1 aromatic heterocycles. The molecule has 0 saturated heterocycles. The van der Waals surface area contributed by atoms with Gasteiger partial charge in [-0.15, -0.1) is 0 Å². The molecule has 0 amide bonds. The molecule has 0 bridgehead atoms. The largest absolute Gasteiger partial charge is 0.366 e. The van der Waals surface area contributed by atoms with E-state index in [-0.39, 0.29) is 5.82 Å². The van der Waals surface area contributed by atoms with Gasteiger partial charge in [0.1, 0.15) is 11.6 Å². The quantitative estimate of drug-likeness (QED) is 0.748. The van der Waals surface area contributed by atoms with Crippen LogP contribution in [0.4, 0.5) is 16.2 Å². The van der Waals surface area contributed by atoms with Crippen molar-refractivity contribution in [2.45, 2.75) is 13.1 Å². The molecule has 2 aromatic carbocycles. The molecule has 0 fully saturated rings. The molecule has 122 valence electrons. The van der Waals surface area contributed by atoms with Crippen molar-refractivity contribution in [3.63, 3.8) is 0 Å². The van der Waals surface area contributed by atoms with E-state index in [0.29, 0.717) is 12.5 Å². The number of hydrogen-bond acceptors (Lipinski definition) is 4. The summed E-state index contributed by atoms with van der Waals surface area (Å²) in [5, 5.41) is 3.24. The third kappa shape index (κ3) is 4.29. The molecule has 5 heteroatoms. The summed E-state index contributed by atoms with van der Waals surface area (Å²) in [5.74, 6) is 1.16. The SMILES string of the molecule is CN(Cc1ccccc1)c1nccc(NCc2ccc(F)cc2)n1. The number of aromatic nitrogens is 2. The summed E-state index contributed by atoms with van der Waals surface area (Å²) in [4.78, 5) is 10.9. The zero-order valence-electron chi connectivity index (χ0n) is 13.5. The summed E-state index contributed by atoms with van der Waals surface area (Å²) < 4.78 is 12.9. The summed E-state index contributed by atoms with van der Waals surface area (Å²) in [7, 11) is 1.96. The van der Waals surface area contributed by atoms with Crippen LogP contribution in [0.3, 0.4) is 0 Å². The molecule has 0 spiro atoms. The highest BCUT2D eigenvalue weighted by atomic mass is 19.1. The van der Waals surface area contributed by atoms with Crippen LogP contribution in [0, 0.1) is 5.82 Å². The van der Waals surface area contributed by atoms with Gasteiger partial charge < -0.3 is 10.2 Å². The third-order valence-corrected chi connectivity index (χ3v) is 3.63. The fraction of sp³-hybridized carbons (Fsp3) is 0.158. The van der Waals surface area contributed by atoms with Gasteiger partial charge in [-0.3, -0.25) is 0 Å². The monoisotopic (exact) mass is 322 g/mol. The number of nitrogens with one attached hydrogen (secondary N) is 1. The Hall–Kier alpha value is -2.95. The summed E-state index contributed by atoms with van der Waals surface area (Å²) in [6.07, 6.45) is 1.73. The topological polar surface area (TPSA) is 41.1 Å². The first kappa shape index (κ1) is 15.9. The first-order valence-corrected chi connectivity index (χ1v) is 7.77. The van der Waals surface area contributed by atoms with Crippen LogP contribution < -0.4 is 10.2 Å². The van der Waals surface area contributed by atoms with Crippen LogP contribution in [-0.4, -0.2) is 17.0 Å². The van der Waals surface area contributed by atoms with Crippen molar-refractivity contribution < 1.29 is 4.39 Å². The maximum absolute atomic E-state index is 12.9. The van der Waals surface area contributed by atoms with E-state index in [1.54, 1.807) is 18.3 Å². The Morgan fingerprint density at radius 3 is 2.46 bits per heavy atom. The Balaban J connectivity index is 1.64. The minimum absolute atomic E-state index is 0.231. The highest BCUT2D eigenvalue weighted by Gasteiger charge is 2.06. The molecular formula is C19H19FN4. The van der Waals surface area contributed by atoms with Crippen LogP contribution in [0.2, 0.25) is 0 Å². The third-order valence-electron chi connectivity index (χ3n) is 3.63. The van der Waals surface area contributed by atoms with E-state index in [9.17, 15) is 4.39 Å². The zero-order valence-corrected chi connectivity index (χ0v) is 13.5. The second kappa shape index (κ2) is 7.55. The minimum Gasteiger partial charge on any atom is -0.366 e. The normalized spacial score (nSPS) is 10.4. The zero-order chi connectivity index (χ0) is 16.8. The van der Waals surface area contributed by atoms with Crippen LogP contribution in [0.5, 0.6) is 0 Å². The lowest BCUT2D eigenvalue weighted by atomic mass is 10.2. The Kier molecular flexibility index (Phi) is 5.01. The molecule has 0 radical (unpaired) electrons. The fourth-order valence-corrected chi connectivity index (χ4v) is 2.35. The highest BCUT2D eigenvalue weighted by molar-refractivity contribution is 5.42. The minimum atomic E-state index is -0.231. The average Bonchev–Trinajstić information content (AvgIpc) is 2.62. The molecule has 1 N–H and O–H groups in total. The van der Waals surface area contributed by atoms with Gasteiger partial charge in [0, 0.05) is 26.3 Å². The number of benzene rings is 2. The van der Waals surface area contributed by atoms with Crippen LogP contribution in [-0.2, 0) is 13.1 Å². The van der Waals surface area contributed by atoms with Gasteiger partial charge in [-0.1, -0.05) is 42.5 Å². The standard InChI is InChI=1S/C19H19FN4/c1-24(14-16-5-3-2-4-6-16)19-21-12-11-18(23-19)22-13-15-7-9-17(20)10-8-15/h2-12H,13-14H2,1H3,(H,21,22,23). The van der Waals surface area contributed by atoms with Gasteiger partial charge in [-0.05, 0) is 29.3 Å². The van der Waals surface area contributed by atoms with Gasteiger partial charge in [0.15, 0.2) is 0 Å². The van der Waals surface area contributed by atoms with Crippen LogP contribution in [0.1, 0.15) is 11.1 Å². The maximum atomic E-state index is 12.9. The van der Waals surface area contributed by atoms with Gasteiger partial charge in [0.05, 0.1) is 0 Å². The molecule has 4 nitrogen and oxygen atoms in total. The van der Waals surface area contributed by atoms with Crippen LogP contribution >= 0.6 is 0 Å². The summed E-state index contributed by atoms with van der Waals surface area (Å²) >= 11 is 0. The van der Waals surface area contributed by atoms with Crippen molar-refractivity contribution in [2.75, 3.05) is 17.3 Å². The predicted octanol–water partition coefficient (Wildman–Crippen LogP) is 3.86. The lowest BCUT2D eigenvalue weighted by molar-refractivity contribution is 0.627. The van der Waals surface area contributed by atoms with Gasteiger partial charge in [0.2, 0.25) is 5.95 Å². The summed E-state index contributed by atoms with van der Waals surface area (Å²) in [6.45, 7) is 1.32. The number of hydrogen-bond donors (Lipinski definition) is 1. The molecule has 24 heavy (non-hydrogen) atoms. The predicted molar refractivity (Wildman–Crippen MR) is 94.3 cm³/mol. The molecule has 0 aliphatic heterocycles. The number of halogens is 1. The lowest BCUT2D eigenvalue weighted by Crippen LogP contribution is -2.19. The van der Waals surface area contributed by atoms with E-state index in [2.05, 4.69) is 27.4 Å². The Labute approximate surface area is 141 Å². The number of rotatable bonds is 6. The number of nitrogens with zero attached hydrogens (tertiary/aromatic N) is 3. The van der Waals surface area contributed by atoms with E-state index in [1.165, 1.54) is 17.7 Å². The van der Waals surface area contributed by atoms with Crippen LogP contribution in [0.25, 0.3) is 0 Å². The second-order valence-corrected chi connectivity index (χ2v) is 5.56. The van der Waals surface area contributed by atoms with E-state index in [4.69, 9.17) is 0 Å². The Bertz CT molecular complexity index is 775. The van der Waals surface area contributed by atoms with Crippen molar-refractivity contribution >= 4 is 11.8 Å². The van der Waals surface area contributed by atoms with Gasteiger partial charge in [0.25, 0.3) is 0 Å². The van der Waals surface area contributed by atoms with E-state index >= 15 is 0 Å². The van der Waals surface area contributed by atoms with Gasteiger partial charge >= 0.3 is 0 Å². The average molecular weight is 322 g/mol. The van der Waals surface area contributed by atoms with E-state index in [0.717, 1.165) is 17.9 Å². The molecular weight excluding hydrogens is 303 g/mol. The molecule has 0 unspecified atom stereocenters. The van der Waals surface area contributed by atoms with Crippen LogP contribution in [0.15, 0.2) is 66.9 Å². The van der Waals surface area contributed by atoms with Crippen molar-refractivity contribution in [3.05, 3.63) is 83.8 Å². The lowest BCUT2D eigenvalue weighted by Gasteiger charge is -2.17. The molecule has 0 saturated carbocycles. The molecule has 0 atom stereocenters. The summed E-state index contributed by atoms with van der Waals surface area (Å²) in [5.41, 5.74) is 2.20. The van der Waals surface area contributed by atoms with Crippen molar-refractivity contribution in [1.82, 2.24) is 9.97 Å². The van der Waals surface area contributed by atoms with E-state index in [1.807, 2.05) is 36.2 Å². The molecule has 0 aliphatic carbocycles. The second-order valence-electron chi connectivity index (χ2n) is 5.56. The van der Waals surface area contributed by atoms with Crippen molar-refractivity contribution in [2.24, 2.45) is 0 Å². The smallest absolute Gasteiger partial charge is 0.227 e. The van der Waals surface area contributed by atoms with Crippen molar-refractivity contribution in [1.29, 1.82) is 0 Å². The van der Waals surface area contributed by atoms with Gasteiger partial charge in [-0.2, -0.15) is 4.98 Å². The van der Waals surface area contributed by atoms with E-state index < -0.39 is 0 Å². The Morgan fingerprint density at radius 1 is 0.958 bits per heavy atom. The highest BCUT2D eigenvalue weighted by Crippen LogP contribution is 2.13. The maximum Gasteiger partial charge on any atom is 0.227 e. The summed E-state index contributed by atoms with van der Waals surface area (Å²) in [6, 6.07) is 18.4. The molecule has 1 heterocycles. The molecule has 3 rings (SSSR count). The fourth-order valence-electron chi connectivity index (χ4n) is 2.35. The molecule has 3 aromatic rings. The molecule has 0 aliphatic rings. The number of anilines is 2. The Morgan fingerprint density at radius 2 is 1.71 bits per heavy atom.